The minimum atomic E-state index is 0.818. The maximum atomic E-state index is 5.02. The summed E-state index contributed by atoms with van der Waals surface area (Å²) in [6.45, 7) is 2.06. The average molecular weight is 159 g/mol. The molecule has 0 aliphatic rings. The second-order valence-corrected chi connectivity index (χ2v) is 2.75. The molecule has 0 spiro atoms. The Labute approximate surface area is 70.8 Å². The predicted octanol–water partition coefficient (Wildman–Crippen LogP) is 2.65. The van der Waals surface area contributed by atoms with Gasteiger partial charge in [-0.1, -0.05) is 28.9 Å². The fourth-order valence-corrected chi connectivity index (χ4v) is 1.16. The van der Waals surface area contributed by atoms with Crippen LogP contribution in [0.25, 0.3) is 11.3 Å². The smallest absolute Gasteiger partial charge is 0.166 e. The highest BCUT2D eigenvalue weighted by Gasteiger charge is 1.99. The van der Waals surface area contributed by atoms with Gasteiger partial charge >= 0.3 is 0 Å². The summed E-state index contributed by atoms with van der Waals surface area (Å²) >= 11 is 0. The number of nitrogens with zero attached hydrogens (tertiary/aromatic N) is 1. The lowest BCUT2D eigenvalue weighted by molar-refractivity contribution is 0.432. The highest BCUT2D eigenvalue weighted by atomic mass is 16.5. The van der Waals surface area contributed by atoms with Crippen LogP contribution in [0.3, 0.4) is 0 Å². The summed E-state index contributed by atoms with van der Waals surface area (Å²) in [6.07, 6.45) is 1.65. The lowest BCUT2D eigenvalue weighted by atomic mass is 10.1. The van der Waals surface area contributed by atoms with Crippen molar-refractivity contribution in [2.45, 2.75) is 6.92 Å². The number of hydrogen-bond donors (Lipinski definition) is 0. The van der Waals surface area contributed by atoms with E-state index in [1.54, 1.807) is 6.20 Å². The molecule has 12 heavy (non-hydrogen) atoms. The van der Waals surface area contributed by atoms with Crippen LogP contribution >= 0.6 is 0 Å². The molecule has 0 fully saturated rings. The second-order valence-electron chi connectivity index (χ2n) is 2.75. The number of hydrogen-bond acceptors (Lipinski definition) is 2. The van der Waals surface area contributed by atoms with Crippen molar-refractivity contribution >= 4 is 0 Å². The number of rotatable bonds is 1. The quantitative estimate of drug-likeness (QED) is 0.639. The summed E-state index contributed by atoms with van der Waals surface area (Å²) in [5, 5.41) is 3.65. The molecule has 0 aliphatic carbocycles. The minimum Gasteiger partial charge on any atom is -0.356 e. The van der Waals surface area contributed by atoms with Gasteiger partial charge in [-0.25, -0.2) is 0 Å². The third kappa shape index (κ3) is 1.23. The molecule has 0 bridgehead atoms. The van der Waals surface area contributed by atoms with E-state index in [1.807, 2.05) is 18.2 Å². The monoisotopic (exact) mass is 159 g/mol. The normalized spacial score (nSPS) is 10.1. The SMILES string of the molecule is Cc1cccc(-c2ccno2)c1. The first-order valence-corrected chi connectivity index (χ1v) is 3.84. The predicted molar refractivity (Wildman–Crippen MR) is 46.7 cm³/mol. The lowest BCUT2D eigenvalue weighted by Gasteiger charge is -1.95. The largest absolute Gasteiger partial charge is 0.356 e. The van der Waals surface area contributed by atoms with Crippen molar-refractivity contribution in [3.05, 3.63) is 42.1 Å². The number of aryl methyl sites for hydroxylation is 1. The molecule has 1 aromatic carbocycles. The molecule has 0 saturated heterocycles. The van der Waals surface area contributed by atoms with Gasteiger partial charge in [0.05, 0.1) is 6.20 Å². The van der Waals surface area contributed by atoms with Crippen molar-refractivity contribution in [1.82, 2.24) is 5.16 Å². The summed E-state index contributed by atoms with van der Waals surface area (Å²) in [4.78, 5) is 0. The molecule has 0 N–H and O–H groups in total. The molecule has 2 aromatic rings. The molecule has 2 rings (SSSR count). The van der Waals surface area contributed by atoms with E-state index in [-0.39, 0.29) is 0 Å². The van der Waals surface area contributed by atoms with Gasteiger partial charge in [0.1, 0.15) is 0 Å². The fraction of sp³-hybridized carbons (Fsp3) is 0.100. The van der Waals surface area contributed by atoms with Gasteiger partial charge in [0.15, 0.2) is 5.76 Å². The van der Waals surface area contributed by atoms with Crippen molar-refractivity contribution in [3.63, 3.8) is 0 Å². The molecule has 1 aromatic heterocycles. The van der Waals surface area contributed by atoms with E-state index in [9.17, 15) is 0 Å². The topological polar surface area (TPSA) is 26.0 Å². The van der Waals surface area contributed by atoms with Gasteiger partial charge in [-0.05, 0) is 13.0 Å². The Hall–Kier alpha value is -1.57. The molecule has 60 valence electrons. The van der Waals surface area contributed by atoms with Crippen LogP contribution < -0.4 is 0 Å². The zero-order valence-corrected chi connectivity index (χ0v) is 6.82. The highest BCUT2D eigenvalue weighted by molar-refractivity contribution is 5.57. The van der Waals surface area contributed by atoms with E-state index in [0.717, 1.165) is 11.3 Å². The molecule has 0 saturated carbocycles. The van der Waals surface area contributed by atoms with Crippen molar-refractivity contribution < 1.29 is 4.52 Å². The van der Waals surface area contributed by atoms with Gasteiger partial charge in [0.25, 0.3) is 0 Å². The number of benzene rings is 1. The Morgan fingerprint density at radius 1 is 1.25 bits per heavy atom. The molecule has 0 unspecified atom stereocenters. The maximum Gasteiger partial charge on any atom is 0.166 e. The van der Waals surface area contributed by atoms with E-state index >= 15 is 0 Å². The summed E-state index contributed by atoms with van der Waals surface area (Å²) in [5.41, 5.74) is 2.30. The average Bonchev–Trinajstić information content (AvgIpc) is 2.56. The van der Waals surface area contributed by atoms with Crippen LogP contribution in [-0.2, 0) is 0 Å². The second kappa shape index (κ2) is 2.81. The Balaban J connectivity index is 2.48. The van der Waals surface area contributed by atoms with Gasteiger partial charge in [-0.15, -0.1) is 0 Å². The van der Waals surface area contributed by atoms with Crippen LogP contribution in [0.4, 0.5) is 0 Å². The third-order valence-electron chi connectivity index (χ3n) is 1.74. The van der Waals surface area contributed by atoms with Gasteiger partial charge in [-0.2, -0.15) is 0 Å². The molecule has 0 aliphatic heterocycles. The van der Waals surface area contributed by atoms with E-state index in [1.165, 1.54) is 5.56 Å². The van der Waals surface area contributed by atoms with Crippen LogP contribution in [0.5, 0.6) is 0 Å². The molecule has 2 nitrogen and oxygen atoms in total. The van der Waals surface area contributed by atoms with Crippen molar-refractivity contribution in [1.29, 1.82) is 0 Å². The first kappa shape index (κ1) is 7.10. The molecule has 1 heterocycles. The van der Waals surface area contributed by atoms with Crippen molar-refractivity contribution in [2.75, 3.05) is 0 Å². The molecule has 0 radical (unpaired) electrons. The highest BCUT2D eigenvalue weighted by Crippen LogP contribution is 2.18. The Bertz CT molecular complexity index is 365. The summed E-state index contributed by atoms with van der Waals surface area (Å²) in [7, 11) is 0. The van der Waals surface area contributed by atoms with Crippen LogP contribution in [-0.4, -0.2) is 5.16 Å². The lowest BCUT2D eigenvalue weighted by Crippen LogP contribution is -1.75. The van der Waals surface area contributed by atoms with Gasteiger partial charge in [0, 0.05) is 11.6 Å². The first-order chi connectivity index (χ1) is 5.86. The Morgan fingerprint density at radius 3 is 2.83 bits per heavy atom. The summed E-state index contributed by atoms with van der Waals surface area (Å²) in [6, 6.07) is 10.00. The summed E-state index contributed by atoms with van der Waals surface area (Å²) in [5.74, 6) is 0.818. The van der Waals surface area contributed by atoms with Gasteiger partial charge < -0.3 is 4.52 Å². The van der Waals surface area contributed by atoms with E-state index in [2.05, 4.69) is 24.2 Å². The van der Waals surface area contributed by atoms with E-state index in [4.69, 9.17) is 4.52 Å². The number of aromatic nitrogens is 1. The molecule has 0 atom stereocenters. The van der Waals surface area contributed by atoms with Crippen molar-refractivity contribution in [3.8, 4) is 11.3 Å². The maximum absolute atomic E-state index is 5.02. The van der Waals surface area contributed by atoms with Crippen LogP contribution in [0, 0.1) is 6.92 Å². The van der Waals surface area contributed by atoms with Crippen LogP contribution in [0.2, 0.25) is 0 Å². The Morgan fingerprint density at radius 2 is 2.17 bits per heavy atom. The van der Waals surface area contributed by atoms with Gasteiger partial charge in [0.2, 0.25) is 0 Å². The first-order valence-electron chi connectivity index (χ1n) is 3.84. The standard InChI is InChI=1S/C10H9NO/c1-8-3-2-4-9(7-8)10-5-6-11-12-10/h2-7H,1H3. The van der Waals surface area contributed by atoms with Crippen LogP contribution in [0.1, 0.15) is 5.56 Å². The van der Waals surface area contributed by atoms with Crippen LogP contribution in [0.15, 0.2) is 41.1 Å². The summed E-state index contributed by atoms with van der Waals surface area (Å²) < 4.78 is 5.02. The third-order valence-corrected chi connectivity index (χ3v) is 1.74. The molecule has 0 amide bonds. The zero-order chi connectivity index (χ0) is 8.39. The molecular weight excluding hydrogens is 150 g/mol. The minimum absolute atomic E-state index is 0.818. The molecular formula is C10H9NO. The molecule has 2 heteroatoms. The van der Waals surface area contributed by atoms with Gasteiger partial charge in [-0.3, -0.25) is 0 Å². The van der Waals surface area contributed by atoms with Crippen molar-refractivity contribution in [2.24, 2.45) is 0 Å². The van der Waals surface area contributed by atoms with E-state index < -0.39 is 0 Å². The fourth-order valence-electron chi connectivity index (χ4n) is 1.16. The Kier molecular flexibility index (Phi) is 1.67. The zero-order valence-electron chi connectivity index (χ0n) is 6.82. The van der Waals surface area contributed by atoms with E-state index in [0.29, 0.717) is 0 Å².